The van der Waals surface area contributed by atoms with Crippen LogP contribution in [0.5, 0.6) is 0 Å². The molecule has 1 aliphatic rings. The number of rotatable bonds is 9. The van der Waals surface area contributed by atoms with Gasteiger partial charge < -0.3 is 15.5 Å². The van der Waals surface area contributed by atoms with Crippen molar-refractivity contribution >= 4 is 23.4 Å². The molecule has 8 nitrogen and oxygen atoms in total. The van der Waals surface area contributed by atoms with Crippen molar-refractivity contribution < 1.29 is 14.4 Å². The molecule has 0 atom stereocenters. The van der Waals surface area contributed by atoms with Crippen molar-refractivity contribution in [1.82, 2.24) is 20.4 Å². The third kappa shape index (κ3) is 5.70. The maximum Gasteiger partial charge on any atom is 0.251 e. The van der Waals surface area contributed by atoms with Crippen LogP contribution in [0.1, 0.15) is 40.9 Å². The van der Waals surface area contributed by atoms with Crippen molar-refractivity contribution in [2.45, 2.75) is 32.6 Å². The number of benzene rings is 2. The molecule has 0 aliphatic carbocycles. The molecule has 2 heterocycles. The number of para-hydroxylation sites is 1. The van der Waals surface area contributed by atoms with E-state index in [9.17, 15) is 14.4 Å². The van der Waals surface area contributed by atoms with Gasteiger partial charge in [-0.1, -0.05) is 18.2 Å². The largest absolute Gasteiger partial charge is 0.355 e. The van der Waals surface area contributed by atoms with E-state index in [2.05, 4.69) is 15.7 Å². The molecule has 0 bridgehead atoms. The first-order valence-electron chi connectivity index (χ1n) is 11.6. The van der Waals surface area contributed by atoms with E-state index >= 15 is 0 Å². The minimum absolute atomic E-state index is 0.0871. The van der Waals surface area contributed by atoms with Crippen molar-refractivity contribution in [2.24, 2.45) is 0 Å². The summed E-state index contributed by atoms with van der Waals surface area (Å²) in [5, 5.41) is 10.1. The van der Waals surface area contributed by atoms with E-state index in [0.29, 0.717) is 25.1 Å². The fourth-order valence-corrected chi connectivity index (χ4v) is 4.00. The first-order chi connectivity index (χ1) is 16.5. The van der Waals surface area contributed by atoms with Gasteiger partial charge in [0.25, 0.3) is 5.91 Å². The zero-order valence-electron chi connectivity index (χ0n) is 19.3. The number of nitrogens with one attached hydrogen (secondary N) is 2. The van der Waals surface area contributed by atoms with Gasteiger partial charge in [-0.25, -0.2) is 4.68 Å². The molecule has 176 valence electrons. The molecule has 8 heteroatoms. The van der Waals surface area contributed by atoms with Crippen molar-refractivity contribution in [2.75, 3.05) is 24.5 Å². The number of hydrogen-bond acceptors (Lipinski definition) is 4. The topological polar surface area (TPSA) is 96.3 Å². The highest BCUT2D eigenvalue weighted by atomic mass is 16.2. The normalized spacial score (nSPS) is 13.2. The second kappa shape index (κ2) is 10.8. The lowest BCUT2D eigenvalue weighted by atomic mass is 10.1. The maximum atomic E-state index is 12.3. The van der Waals surface area contributed by atoms with Crippen LogP contribution >= 0.6 is 0 Å². The smallest absolute Gasteiger partial charge is 0.251 e. The van der Waals surface area contributed by atoms with E-state index in [1.807, 2.05) is 48.1 Å². The number of anilines is 1. The molecule has 2 N–H and O–H groups in total. The monoisotopic (exact) mass is 459 g/mol. The van der Waals surface area contributed by atoms with Crippen LogP contribution in [-0.2, 0) is 16.0 Å². The van der Waals surface area contributed by atoms with Crippen LogP contribution in [0.25, 0.3) is 5.69 Å². The first kappa shape index (κ1) is 23.2. The molecule has 4 rings (SSSR count). The molecular weight excluding hydrogens is 430 g/mol. The minimum atomic E-state index is -0.321. The minimum Gasteiger partial charge on any atom is -0.355 e. The van der Waals surface area contributed by atoms with Crippen LogP contribution in [0.4, 0.5) is 5.69 Å². The van der Waals surface area contributed by atoms with E-state index in [1.165, 1.54) is 0 Å². The molecule has 0 saturated carbocycles. The first-order valence-corrected chi connectivity index (χ1v) is 11.6. The van der Waals surface area contributed by atoms with Gasteiger partial charge in [-0.2, -0.15) is 5.10 Å². The molecule has 2 aromatic carbocycles. The van der Waals surface area contributed by atoms with Crippen molar-refractivity contribution in [3.63, 3.8) is 0 Å². The quantitative estimate of drug-likeness (QED) is 0.481. The molecule has 34 heavy (non-hydrogen) atoms. The molecule has 3 aromatic rings. The summed E-state index contributed by atoms with van der Waals surface area (Å²) < 4.78 is 1.87. The Bertz CT molecular complexity index is 1150. The Labute approximate surface area is 199 Å². The highest BCUT2D eigenvalue weighted by molar-refractivity contribution is 5.98. The number of carbonyl (C=O) groups excluding carboxylic acids is 3. The third-order valence-electron chi connectivity index (χ3n) is 5.89. The lowest BCUT2D eigenvalue weighted by molar-refractivity contribution is -0.120. The van der Waals surface area contributed by atoms with Gasteiger partial charge in [0.1, 0.15) is 0 Å². The molecule has 1 saturated heterocycles. The summed E-state index contributed by atoms with van der Waals surface area (Å²) in [7, 11) is 0. The number of amides is 3. The average molecular weight is 460 g/mol. The van der Waals surface area contributed by atoms with E-state index in [0.717, 1.165) is 41.9 Å². The van der Waals surface area contributed by atoms with Gasteiger partial charge in [0.2, 0.25) is 11.8 Å². The van der Waals surface area contributed by atoms with E-state index < -0.39 is 0 Å². The van der Waals surface area contributed by atoms with E-state index in [-0.39, 0.29) is 24.3 Å². The number of hydrogen-bond donors (Lipinski definition) is 2. The Balaban J connectivity index is 1.17. The summed E-state index contributed by atoms with van der Waals surface area (Å²) >= 11 is 0. The van der Waals surface area contributed by atoms with Crippen LogP contribution in [0.3, 0.4) is 0 Å². The van der Waals surface area contributed by atoms with Crippen LogP contribution in [0.15, 0.2) is 60.8 Å². The molecule has 0 spiro atoms. The number of aromatic nitrogens is 2. The number of nitrogens with zero attached hydrogens (tertiary/aromatic N) is 3. The fourth-order valence-electron chi connectivity index (χ4n) is 4.00. The van der Waals surface area contributed by atoms with Crippen molar-refractivity contribution in [3.05, 3.63) is 77.6 Å². The Morgan fingerprint density at radius 3 is 2.47 bits per heavy atom. The summed E-state index contributed by atoms with van der Waals surface area (Å²) in [6.07, 6.45) is 5.02. The second-order valence-corrected chi connectivity index (χ2v) is 8.35. The lowest BCUT2D eigenvalue weighted by Gasteiger charge is -2.15. The molecule has 0 unspecified atom stereocenters. The van der Waals surface area contributed by atoms with Crippen LogP contribution < -0.4 is 15.5 Å². The average Bonchev–Trinajstić information content (AvgIpc) is 3.46. The van der Waals surface area contributed by atoms with Gasteiger partial charge in [0.15, 0.2) is 0 Å². The maximum absolute atomic E-state index is 12.3. The second-order valence-electron chi connectivity index (χ2n) is 8.35. The zero-order valence-corrected chi connectivity index (χ0v) is 19.3. The Morgan fingerprint density at radius 1 is 1.00 bits per heavy atom. The SMILES string of the molecule is Cc1nn(-c2ccccc2)cc1CCCNC(=O)CNC(=O)c1ccc(N2CCCC2=O)cc1. The van der Waals surface area contributed by atoms with Crippen LogP contribution in [0.2, 0.25) is 0 Å². The molecule has 0 radical (unpaired) electrons. The lowest BCUT2D eigenvalue weighted by Crippen LogP contribution is -2.37. The highest BCUT2D eigenvalue weighted by Crippen LogP contribution is 2.21. The molecule has 1 aliphatic heterocycles. The van der Waals surface area contributed by atoms with Gasteiger partial charge in [-0.3, -0.25) is 14.4 Å². The third-order valence-corrected chi connectivity index (χ3v) is 5.89. The molecule has 3 amide bonds. The Morgan fingerprint density at radius 2 is 1.76 bits per heavy atom. The number of aryl methyl sites for hydroxylation is 2. The number of carbonyl (C=O) groups is 3. The summed E-state index contributed by atoms with van der Waals surface area (Å²) in [5.74, 6) is -0.447. The predicted octanol–water partition coefficient (Wildman–Crippen LogP) is 2.79. The van der Waals surface area contributed by atoms with E-state index in [1.54, 1.807) is 29.2 Å². The van der Waals surface area contributed by atoms with Crippen molar-refractivity contribution in [3.8, 4) is 5.69 Å². The standard InChI is InChI=1S/C26H29N5O3/c1-19-21(18-31(29-19)23-8-3-2-4-9-23)7-5-15-27-24(32)17-28-26(34)20-11-13-22(14-12-20)30-16-6-10-25(30)33/h2-4,8-9,11-14,18H,5-7,10,15-17H2,1H3,(H,27,32)(H,28,34). The van der Waals surface area contributed by atoms with Gasteiger partial charge in [-0.15, -0.1) is 0 Å². The van der Waals surface area contributed by atoms with Gasteiger partial charge in [0.05, 0.1) is 17.9 Å². The summed E-state index contributed by atoms with van der Waals surface area (Å²) in [5.41, 5.74) is 4.38. The van der Waals surface area contributed by atoms with E-state index in [4.69, 9.17) is 0 Å². The molecular formula is C26H29N5O3. The zero-order chi connectivity index (χ0) is 23.9. The summed E-state index contributed by atoms with van der Waals surface area (Å²) in [4.78, 5) is 38.0. The highest BCUT2D eigenvalue weighted by Gasteiger charge is 2.21. The predicted molar refractivity (Wildman–Crippen MR) is 130 cm³/mol. The molecule has 1 aromatic heterocycles. The summed E-state index contributed by atoms with van der Waals surface area (Å²) in [6, 6.07) is 16.8. The molecule has 1 fully saturated rings. The van der Waals surface area contributed by atoms with Crippen LogP contribution in [-0.4, -0.2) is 47.1 Å². The van der Waals surface area contributed by atoms with Gasteiger partial charge >= 0.3 is 0 Å². The van der Waals surface area contributed by atoms with Crippen molar-refractivity contribution in [1.29, 1.82) is 0 Å². The Kier molecular flexibility index (Phi) is 7.37. The fraction of sp³-hybridized carbons (Fsp3) is 0.308. The Hall–Kier alpha value is -3.94. The van der Waals surface area contributed by atoms with Crippen LogP contribution in [0, 0.1) is 6.92 Å². The van der Waals surface area contributed by atoms with Gasteiger partial charge in [0, 0.05) is 37.0 Å². The summed E-state index contributed by atoms with van der Waals surface area (Å²) in [6.45, 7) is 3.12. The van der Waals surface area contributed by atoms with Gasteiger partial charge in [-0.05, 0) is 68.1 Å².